The van der Waals surface area contributed by atoms with Gasteiger partial charge in [-0.15, -0.1) is 0 Å². The largest absolute Gasteiger partial charge is 0.369 e. The third-order valence-electron chi connectivity index (χ3n) is 1.80. The highest BCUT2D eigenvalue weighted by Gasteiger charge is 2.09. The van der Waals surface area contributed by atoms with Gasteiger partial charge in [0, 0.05) is 11.4 Å². The normalized spacial score (nSPS) is 13.3. The minimum Gasteiger partial charge on any atom is -0.369 e. The van der Waals surface area contributed by atoms with Crippen molar-refractivity contribution in [3.8, 4) is 0 Å². The SMILES string of the molecule is CC(C)CC(Br)CNC(=O)COC(C)C. The summed E-state index contributed by atoms with van der Waals surface area (Å²) >= 11 is 3.53. The van der Waals surface area contributed by atoms with Crippen LogP contribution in [0.4, 0.5) is 0 Å². The van der Waals surface area contributed by atoms with Crippen LogP contribution in [-0.2, 0) is 9.53 Å². The van der Waals surface area contributed by atoms with Gasteiger partial charge in [-0.05, 0) is 26.2 Å². The highest BCUT2D eigenvalue weighted by molar-refractivity contribution is 9.09. The number of hydrogen-bond acceptors (Lipinski definition) is 2. The Kier molecular flexibility index (Phi) is 8.06. The Morgan fingerprint density at radius 3 is 2.40 bits per heavy atom. The minimum atomic E-state index is -0.0445. The Morgan fingerprint density at radius 1 is 1.33 bits per heavy atom. The molecule has 0 saturated carbocycles. The molecule has 0 aromatic carbocycles. The fourth-order valence-electron chi connectivity index (χ4n) is 1.11. The summed E-state index contributed by atoms with van der Waals surface area (Å²) in [6, 6.07) is 0. The van der Waals surface area contributed by atoms with Crippen LogP contribution in [0.1, 0.15) is 34.1 Å². The molecule has 0 radical (unpaired) electrons. The first-order valence-corrected chi connectivity index (χ1v) is 6.35. The maximum absolute atomic E-state index is 11.3. The van der Waals surface area contributed by atoms with Crippen LogP contribution in [0, 0.1) is 5.92 Å². The van der Waals surface area contributed by atoms with Crippen LogP contribution in [-0.4, -0.2) is 30.0 Å². The maximum atomic E-state index is 11.3. The molecule has 0 aromatic rings. The van der Waals surface area contributed by atoms with Crippen molar-refractivity contribution >= 4 is 21.8 Å². The number of rotatable bonds is 7. The first-order chi connectivity index (χ1) is 6.91. The zero-order valence-electron chi connectivity index (χ0n) is 10.0. The molecule has 0 rings (SSSR count). The molecule has 15 heavy (non-hydrogen) atoms. The molecule has 4 heteroatoms. The fourth-order valence-corrected chi connectivity index (χ4v) is 2.02. The lowest BCUT2D eigenvalue weighted by Crippen LogP contribution is -2.33. The molecular weight excluding hydrogens is 258 g/mol. The fraction of sp³-hybridized carbons (Fsp3) is 0.909. The molecule has 3 nitrogen and oxygen atoms in total. The predicted molar refractivity (Wildman–Crippen MR) is 66.3 cm³/mol. The molecule has 0 fully saturated rings. The van der Waals surface area contributed by atoms with Crippen LogP contribution in [0.3, 0.4) is 0 Å². The lowest BCUT2D eigenvalue weighted by Gasteiger charge is -2.13. The lowest BCUT2D eigenvalue weighted by atomic mass is 10.1. The number of carbonyl (C=O) groups is 1. The Hall–Kier alpha value is -0.0900. The van der Waals surface area contributed by atoms with Gasteiger partial charge in [-0.2, -0.15) is 0 Å². The molecule has 0 spiro atoms. The predicted octanol–water partition coefficient (Wildman–Crippen LogP) is 2.34. The van der Waals surface area contributed by atoms with Crippen LogP contribution < -0.4 is 5.32 Å². The summed E-state index contributed by atoms with van der Waals surface area (Å²) in [6.45, 7) is 8.98. The zero-order valence-corrected chi connectivity index (χ0v) is 11.6. The molecule has 1 N–H and O–H groups in total. The van der Waals surface area contributed by atoms with E-state index in [1.54, 1.807) is 0 Å². The van der Waals surface area contributed by atoms with E-state index in [0.717, 1.165) is 6.42 Å². The van der Waals surface area contributed by atoms with Gasteiger partial charge in [0.05, 0.1) is 6.10 Å². The first-order valence-electron chi connectivity index (χ1n) is 5.44. The van der Waals surface area contributed by atoms with E-state index in [0.29, 0.717) is 17.3 Å². The van der Waals surface area contributed by atoms with Gasteiger partial charge in [-0.1, -0.05) is 29.8 Å². The van der Waals surface area contributed by atoms with Gasteiger partial charge in [0.1, 0.15) is 6.61 Å². The Bertz CT molecular complexity index is 183. The average Bonchev–Trinajstić information content (AvgIpc) is 2.10. The second-order valence-corrected chi connectivity index (χ2v) is 5.69. The summed E-state index contributed by atoms with van der Waals surface area (Å²) in [4.78, 5) is 11.6. The second-order valence-electron chi connectivity index (χ2n) is 4.39. The molecule has 0 aromatic heterocycles. The number of alkyl halides is 1. The quantitative estimate of drug-likeness (QED) is 0.727. The Balaban J connectivity index is 3.53. The molecule has 1 amide bonds. The average molecular weight is 280 g/mol. The van der Waals surface area contributed by atoms with E-state index in [2.05, 4.69) is 35.1 Å². The molecule has 0 aliphatic carbocycles. The smallest absolute Gasteiger partial charge is 0.246 e. The summed E-state index contributed by atoms with van der Waals surface area (Å²) in [5.41, 5.74) is 0. The van der Waals surface area contributed by atoms with Gasteiger partial charge in [0.25, 0.3) is 0 Å². The van der Waals surface area contributed by atoms with Crippen molar-refractivity contribution in [1.29, 1.82) is 0 Å². The molecule has 0 aliphatic heterocycles. The van der Waals surface area contributed by atoms with Gasteiger partial charge >= 0.3 is 0 Å². The number of nitrogens with one attached hydrogen (secondary N) is 1. The number of halogens is 1. The number of ether oxygens (including phenoxy) is 1. The van der Waals surface area contributed by atoms with Crippen molar-refractivity contribution in [2.24, 2.45) is 5.92 Å². The lowest BCUT2D eigenvalue weighted by molar-refractivity contribution is -0.127. The van der Waals surface area contributed by atoms with Gasteiger partial charge < -0.3 is 10.1 Å². The minimum absolute atomic E-state index is 0.0445. The van der Waals surface area contributed by atoms with E-state index in [-0.39, 0.29) is 18.6 Å². The van der Waals surface area contributed by atoms with Crippen LogP contribution >= 0.6 is 15.9 Å². The summed E-state index contributed by atoms with van der Waals surface area (Å²) < 4.78 is 5.19. The molecule has 0 bridgehead atoms. The molecule has 0 heterocycles. The van der Waals surface area contributed by atoms with Crippen molar-refractivity contribution < 1.29 is 9.53 Å². The third-order valence-corrected chi connectivity index (χ3v) is 2.49. The zero-order chi connectivity index (χ0) is 11.8. The van der Waals surface area contributed by atoms with Crippen molar-refractivity contribution in [3.05, 3.63) is 0 Å². The van der Waals surface area contributed by atoms with E-state index in [4.69, 9.17) is 4.74 Å². The molecule has 90 valence electrons. The second kappa shape index (κ2) is 8.11. The summed E-state index contributed by atoms with van der Waals surface area (Å²) in [5.74, 6) is 0.593. The maximum Gasteiger partial charge on any atom is 0.246 e. The van der Waals surface area contributed by atoms with E-state index >= 15 is 0 Å². The molecule has 0 aliphatic rings. The highest BCUT2D eigenvalue weighted by Crippen LogP contribution is 2.11. The molecular formula is C11H22BrNO2. The number of amides is 1. The highest BCUT2D eigenvalue weighted by atomic mass is 79.9. The van der Waals surface area contributed by atoms with Crippen molar-refractivity contribution in [3.63, 3.8) is 0 Å². The summed E-state index contributed by atoms with van der Waals surface area (Å²) in [5, 5.41) is 2.83. The third kappa shape index (κ3) is 10.2. The Morgan fingerprint density at radius 2 is 1.93 bits per heavy atom. The molecule has 0 saturated heterocycles. The van der Waals surface area contributed by atoms with Crippen molar-refractivity contribution in [1.82, 2.24) is 5.32 Å². The van der Waals surface area contributed by atoms with E-state index in [1.807, 2.05) is 13.8 Å². The van der Waals surface area contributed by atoms with Gasteiger partial charge in [-0.25, -0.2) is 0 Å². The van der Waals surface area contributed by atoms with Gasteiger partial charge in [-0.3, -0.25) is 4.79 Å². The summed E-state index contributed by atoms with van der Waals surface area (Å²) in [7, 11) is 0. The van der Waals surface area contributed by atoms with E-state index in [1.165, 1.54) is 0 Å². The van der Waals surface area contributed by atoms with Crippen LogP contribution in [0.25, 0.3) is 0 Å². The monoisotopic (exact) mass is 279 g/mol. The van der Waals surface area contributed by atoms with Crippen LogP contribution in [0.2, 0.25) is 0 Å². The van der Waals surface area contributed by atoms with Gasteiger partial charge in [0.15, 0.2) is 0 Å². The molecule has 1 unspecified atom stereocenters. The topological polar surface area (TPSA) is 38.3 Å². The van der Waals surface area contributed by atoms with Crippen molar-refractivity contribution in [2.45, 2.75) is 45.0 Å². The van der Waals surface area contributed by atoms with Crippen molar-refractivity contribution in [2.75, 3.05) is 13.2 Å². The number of carbonyl (C=O) groups excluding carboxylic acids is 1. The van der Waals surface area contributed by atoms with E-state index in [9.17, 15) is 4.79 Å². The summed E-state index contributed by atoms with van der Waals surface area (Å²) in [6.07, 6.45) is 1.16. The first kappa shape index (κ1) is 14.9. The van der Waals surface area contributed by atoms with Crippen LogP contribution in [0.5, 0.6) is 0 Å². The van der Waals surface area contributed by atoms with Crippen LogP contribution in [0.15, 0.2) is 0 Å². The van der Waals surface area contributed by atoms with Gasteiger partial charge in [0.2, 0.25) is 5.91 Å². The van der Waals surface area contributed by atoms with E-state index < -0.39 is 0 Å². The molecule has 1 atom stereocenters. The number of hydrogen-bond donors (Lipinski definition) is 1. The standard InChI is InChI=1S/C11H22BrNO2/c1-8(2)5-10(12)6-13-11(14)7-15-9(3)4/h8-10H,5-7H2,1-4H3,(H,13,14). The Labute approximate surface area is 101 Å².